The number of pyridine rings is 1. The minimum Gasteiger partial charge on any atom is -0.437 e. The third-order valence-electron chi connectivity index (χ3n) is 4.35. The molecule has 1 aromatic heterocycles. The van der Waals surface area contributed by atoms with Gasteiger partial charge < -0.3 is 15.4 Å². The van der Waals surface area contributed by atoms with Crippen molar-refractivity contribution in [2.45, 2.75) is 26.3 Å². The van der Waals surface area contributed by atoms with Gasteiger partial charge in [0.2, 0.25) is 5.88 Å². The molecular weight excluding hydrogens is 354 g/mol. The fourth-order valence-corrected chi connectivity index (χ4v) is 4.43. The van der Waals surface area contributed by atoms with Crippen LogP contribution in [0.3, 0.4) is 0 Å². The highest BCUT2D eigenvalue weighted by molar-refractivity contribution is 7.91. The zero-order chi connectivity index (χ0) is 18.7. The van der Waals surface area contributed by atoms with E-state index >= 15 is 0 Å². The molecule has 0 saturated carbocycles. The van der Waals surface area contributed by atoms with Crippen molar-refractivity contribution in [3.05, 3.63) is 47.7 Å². The van der Waals surface area contributed by atoms with Crippen molar-refractivity contribution >= 4 is 21.6 Å². The standard InChI is InChI=1S/C18H21N3O4S/c1-12-5-3-7-16(13(12)2)25-17-15(6-4-9-19-17)21-18(22)20-14-8-10-26(23,24)11-14/h3-7,9,14H,8,10-11H2,1-2H3,(H2,20,21,22). The summed E-state index contributed by atoms with van der Waals surface area (Å²) in [4.78, 5) is 16.4. The molecule has 26 heavy (non-hydrogen) atoms. The molecule has 1 atom stereocenters. The average Bonchev–Trinajstić information content (AvgIpc) is 2.92. The summed E-state index contributed by atoms with van der Waals surface area (Å²) < 4.78 is 28.9. The van der Waals surface area contributed by atoms with Crippen molar-refractivity contribution in [3.8, 4) is 11.6 Å². The van der Waals surface area contributed by atoms with Gasteiger partial charge >= 0.3 is 6.03 Å². The average molecular weight is 375 g/mol. The highest BCUT2D eigenvalue weighted by Crippen LogP contribution is 2.30. The summed E-state index contributed by atoms with van der Waals surface area (Å²) >= 11 is 0. The SMILES string of the molecule is Cc1cccc(Oc2ncccc2NC(=O)NC2CCS(=O)(=O)C2)c1C. The number of urea groups is 1. The van der Waals surface area contributed by atoms with Crippen molar-refractivity contribution in [2.24, 2.45) is 0 Å². The number of rotatable bonds is 4. The zero-order valence-electron chi connectivity index (χ0n) is 14.7. The van der Waals surface area contributed by atoms with Crippen molar-refractivity contribution in [1.29, 1.82) is 0 Å². The van der Waals surface area contributed by atoms with Gasteiger partial charge in [0.15, 0.2) is 9.84 Å². The molecule has 2 N–H and O–H groups in total. The Bertz CT molecular complexity index is 928. The first-order valence-corrected chi connectivity index (χ1v) is 10.1. The predicted molar refractivity (Wildman–Crippen MR) is 99.4 cm³/mol. The van der Waals surface area contributed by atoms with Crippen molar-refractivity contribution < 1.29 is 17.9 Å². The maximum atomic E-state index is 12.2. The van der Waals surface area contributed by atoms with E-state index in [0.29, 0.717) is 17.9 Å². The number of sulfone groups is 1. The van der Waals surface area contributed by atoms with Crippen molar-refractivity contribution in [3.63, 3.8) is 0 Å². The molecule has 7 nitrogen and oxygen atoms in total. The summed E-state index contributed by atoms with van der Waals surface area (Å²) in [7, 11) is -3.05. The van der Waals surface area contributed by atoms with Crippen LogP contribution in [0.5, 0.6) is 11.6 Å². The van der Waals surface area contributed by atoms with Crippen LogP contribution in [0.4, 0.5) is 10.5 Å². The van der Waals surface area contributed by atoms with Crippen molar-refractivity contribution in [2.75, 3.05) is 16.8 Å². The van der Waals surface area contributed by atoms with Crippen LogP contribution in [-0.4, -0.2) is 37.0 Å². The van der Waals surface area contributed by atoms with Gasteiger partial charge in [-0.25, -0.2) is 18.2 Å². The summed E-state index contributed by atoms with van der Waals surface area (Å²) in [5.74, 6) is 1.01. The first kappa shape index (κ1) is 18.2. The Hall–Kier alpha value is -2.61. The van der Waals surface area contributed by atoms with Gasteiger partial charge in [-0.15, -0.1) is 0 Å². The van der Waals surface area contributed by atoms with Crippen LogP contribution >= 0.6 is 0 Å². The van der Waals surface area contributed by atoms with Gasteiger partial charge in [0.05, 0.1) is 11.5 Å². The lowest BCUT2D eigenvalue weighted by Crippen LogP contribution is -2.38. The van der Waals surface area contributed by atoms with Gasteiger partial charge in [-0.05, 0) is 49.6 Å². The molecule has 3 rings (SSSR count). The normalized spacial score (nSPS) is 18.3. The number of amides is 2. The van der Waals surface area contributed by atoms with E-state index in [4.69, 9.17) is 4.74 Å². The molecule has 1 aliphatic heterocycles. The molecule has 1 aromatic carbocycles. The highest BCUT2D eigenvalue weighted by atomic mass is 32.2. The van der Waals surface area contributed by atoms with E-state index < -0.39 is 15.9 Å². The minimum atomic E-state index is -3.05. The van der Waals surface area contributed by atoms with Crippen LogP contribution in [-0.2, 0) is 9.84 Å². The molecule has 1 unspecified atom stereocenters. The van der Waals surface area contributed by atoms with Crippen LogP contribution in [0.25, 0.3) is 0 Å². The van der Waals surface area contributed by atoms with Gasteiger partial charge in [0, 0.05) is 12.2 Å². The lowest BCUT2D eigenvalue weighted by atomic mass is 10.1. The van der Waals surface area contributed by atoms with Crippen LogP contribution in [0.2, 0.25) is 0 Å². The number of aromatic nitrogens is 1. The third-order valence-corrected chi connectivity index (χ3v) is 6.12. The number of carbonyl (C=O) groups is 1. The Labute approximate surface area is 152 Å². The second-order valence-electron chi connectivity index (χ2n) is 6.35. The molecule has 0 bridgehead atoms. The quantitative estimate of drug-likeness (QED) is 0.856. The van der Waals surface area contributed by atoms with E-state index in [1.807, 2.05) is 32.0 Å². The number of anilines is 1. The van der Waals surface area contributed by atoms with Crippen LogP contribution in [0.1, 0.15) is 17.5 Å². The number of hydrogen-bond acceptors (Lipinski definition) is 5. The number of hydrogen-bond donors (Lipinski definition) is 2. The first-order valence-electron chi connectivity index (χ1n) is 8.31. The molecule has 0 aliphatic carbocycles. The van der Waals surface area contributed by atoms with E-state index in [2.05, 4.69) is 15.6 Å². The van der Waals surface area contributed by atoms with Gasteiger partial charge in [0.1, 0.15) is 11.4 Å². The Morgan fingerprint density at radius 3 is 2.77 bits per heavy atom. The summed E-state index contributed by atoms with van der Waals surface area (Å²) in [6.07, 6.45) is 2.00. The van der Waals surface area contributed by atoms with Gasteiger partial charge in [-0.1, -0.05) is 12.1 Å². The number of carbonyl (C=O) groups excluding carboxylic acids is 1. The number of ether oxygens (including phenoxy) is 1. The van der Waals surface area contributed by atoms with E-state index in [1.54, 1.807) is 18.3 Å². The maximum Gasteiger partial charge on any atom is 0.319 e. The Morgan fingerprint density at radius 2 is 2.04 bits per heavy atom. The molecule has 1 saturated heterocycles. The van der Waals surface area contributed by atoms with Gasteiger partial charge in [-0.3, -0.25) is 0 Å². The minimum absolute atomic E-state index is 0.0285. The molecule has 1 aliphatic rings. The van der Waals surface area contributed by atoms with E-state index in [1.165, 1.54) is 0 Å². The van der Waals surface area contributed by atoms with E-state index in [9.17, 15) is 13.2 Å². The molecule has 0 radical (unpaired) electrons. The number of benzene rings is 1. The molecule has 138 valence electrons. The Kier molecular flexibility index (Phi) is 5.13. The fraction of sp³-hybridized carbons (Fsp3) is 0.333. The van der Waals surface area contributed by atoms with Crippen molar-refractivity contribution in [1.82, 2.24) is 10.3 Å². The Balaban J connectivity index is 1.71. The Morgan fingerprint density at radius 1 is 1.23 bits per heavy atom. The van der Waals surface area contributed by atoms with E-state index in [-0.39, 0.29) is 23.4 Å². The zero-order valence-corrected chi connectivity index (χ0v) is 15.5. The molecule has 2 aromatic rings. The molecule has 2 heterocycles. The fourth-order valence-electron chi connectivity index (χ4n) is 2.76. The summed E-state index contributed by atoms with van der Waals surface area (Å²) in [6, 6.07) is 8.23. The molecular formula is C18H21N3O4S. The lowest BCUT2D eigenvalue weighted by molar-refractivity contribution is 0.249. The lowest BCUT2D eigenvalue weighted by Gasteiger charge is -2.15. The highest BCUT2D eigenvalue weighted by Gasteiger charge is 2.29. The molecule has 8 heteroatoms. The molecule has 2 amide bonds. The first-order chi connectivity index (χ1) is 12.3. The monoisotopic (exact) mass is 375 g/mol. The number of nitrogens with one attached hydrogen (secondary N) is 2. The predicted octanol–water partition coefficient (Wildman–Crippen LogP) is 2.80. The summed E-state index contributed by atoms with van der Waals surface area (Å²) in [5, 5.41) is 5.37. The van der Waals surface area contributed by atoms with E-state index in [0.717, 1.165) is 11.1 Å². The van der Waals surface area contributed by atoms with Gasteiger partial charge in [0.25, 0.3) is 0 Å². The second kappa shape index (κ2) is 7.33. The summed E-state index contributed by atoms with van der Waals surface area (Å²) in [5.41, 5.74) is 2.49. The smallest absolute Gasteiger partial charge is 0.319 e. The van der Waals surface area contributed by atoms with Crippen LogP contribution in [0.15, 0.2) is 36.5 Å². The topological polar surface area (TPSA) is 97.4 Å². The second-order valence-corrected chi connectivity index (χ2v) is 8.58. The third kappa shape index (κ3) is 4.32. The number of nitrogens with zero attached hydrogens (tertiary/aromatic N) is 1. The molecule has 1 fully saturated rings. The van der Waals surface area contributed by atoms with Crippen LogP contribution < -0.4 is 15.4 Å². The number of aryl methyl sites for hydroxylation is 1. The van der Waals surface area contributed by atoms with Gasteiger partial charge in [-0.2, -0.15) is 0 Å². The van der Waals surface area contributed by atoms with Crippen LogP contribution in [0, 0.1) is 13.8 Å². The maximum absolute atomic E-state index is 12.2. The molecule has 0 spiro atoms. The summed E-state index contributed by atoms with van der Waals surface area (Å²) in [6.45, 7) is 3.94. The largest absolute Gasteiger partial charge is 0.437 e.